The van der Waals surface area contributed by atoms with Crippen molar-refractivity contribution in [3.05, 3.63) is 59.5 Å². The Balaban J connectivity index is 1.78. The molecule has 0 spiro atoms. The standard InChI is InChI=1S/C17H17N3O2/c1-11-5-6-15(21)14(8-11)19-16(22)9-13-10-20-7-3-4-12(2)17(20)18-13/h3-8,10,21H,9H2,1-2H3,(H,19,22). The highest BCUT2D eigenvalue weighted by Gasteiger charge is 2.11. The fraction of sp³-hybridized carbons (Fsp3) is 0.176. The third-order valence-electron chi connectivity index (χ3n) is 3.50. The van der Waals surface area contributed by atoms with E-state index in [4.69, 9.17) is 0 Å². The van der Waals surface area contributed by atoms with Gasteiger partial charge in [0.25, 0.3) is 0 Å². The van der Waals surface area contributed by atoms with Crippen molar-refractivity contribution in [3.63, 3.8) is 0 Å². The van der Waals surface area contributed by atoms with Crippen molar-refractivity contribution in [3.8, 4) is 5.75 Å². The maximum Gasteiger partial charge on any atom is 0.230 e. The summed E-state index contributed by atoms with van der Waals surface area (Å²) in [7, 11) is 0. The van der Waals surface area contributed by atoms with Gasteiger partial charge in [-0.15, -0.1) is 0 Å². The van der Waals surface area contributed by atoms with Gasteiger partial charge >= 0.3 is 0 Å². The number of phenols is 1. The molecule has 1 amide bonds. The first kappa shape index (κ1) is 14.1. The molecule has 22 heavy (non-hydrogen) atoms. The maximum atomic E-state index is 12.1. The molecule has 1 aromatic carbocycles. The zero-order chi connectivity index (χ0) is 15.7. The molecule has 0 aliphatic carbocycles. The summed E-state index contributed by atoms with van der Waals surface area (Å²) in [5, 5.41) is 12.5. The molecule has 2 N–H and O–H groups in total. The van der Waals surface area contributed by atoms with Crippen LogP contribution in [0, 0.1) is 13.8 Å². The first-order valence-corrected chi connectivity index (χ1v) is 7.05. The summed E-state index contributed by atoms with van der Waals surface area (Å²) in [5.41, 5.74) is 3.99. The average molecular weight is 295 g/mol. The second-order valence-electron chi connectivity index (χ2n) is 5.40. The van der Waals surface area contributed by atoms with E-state index >= 15 is 0 Å². The van der Waals surface area contributed by atoms with Crippen molar-refractivity contribution in [1.29, 1.82) is 0 Å². The first-order chi connectivity index (χ1) is 10.5. The van der Waals surface area contributed by atoms with Crippen LogP contribution in [0.25, 0.3) is 5.65 Å². The van der Waals surface area contributed by atoms with E-state index in [1.807, 2.05) is 42.8 Å². The number of nitrogens with one attached hydrogen (secondary N) is 1. The monoisotopic (exact) mass is 295 g/mol. The minimum Gasteiger partial charge on any atom is -0.506 e. The highest BCUT2D eigenvalue weighted by atomic mass is 16.3. The van der Waals surface area contributed by atoms with E-state index in [2.05, 4.69) is 10.3 Å². The molecule has 5 heteroatoms. The van der Waals surface area contributed by atoms with Crippen LogP contribution < -0.4 is 5.32 Å². The number of aryl methyl sites for hydroxylation is 2. The summed E-state index contributed by atoms with van der Waals surface area (Å²) >= 11 is 0. The van der Waals surface area contributed by atoms with Crippen LogP contribution in [0.4, 0.5) is 5.69 Å². The SMILES string of the molecule is Cc1ccc(O)c(NC(=O)Cc2cn3cccc(C)c3n2)c1. The molecule has 2 heterocycles. The highest BCUT2D eigenvalue weighted by molar-refractivity contribution is 5.93. The Morgan fingerprint density at radius 3 is 2.91 bits per heavy atom. The molecule has 0 saturated heterocycles. The number of nitrogens with zero attached hydrogens (tertiary/aromatic N) is 2. The molecule has 112 valence electrons. The molecule has 0 bridgehead atoms. The quantitative estimate of drug-likeness (QED) is 0.730. The smallest absolute Gasteiger partial charge is 0.230 e. The zero-order valence-corrected chi connectivity index (χ0v) is 12.5. The topological polar surface area (TPSA) is 66.6 Å². The molecule has 0 saturated carbocycles. The Hall–Kier alpha value is -2.82. The third-order valence-corrected chi connectivity index (χ3v) is 3.50. The fourth-order valence-electron chi connectivity index (χ4n) is 2.40. The molecular formula is C17H17N3O2. The largest absolute Gasteiger partial charge is 0.506 e. The van der Waals surface area contributed by atoms with Gasteiger partial charge in [0.1, 0.15) is 11.4 Å². The Bertz CT molecular complexity index is 852. The van der Waals surface area contributed by atoms with Gasteiger partial charge in [0, 0.05) is 12.4 Å². The summed E-state index contributed by atoms with van der Waals surface area (Å²) in [6.45, 7) is 3.89. The number of hydrogen-bond acceptors (Lipinski definition) is 3. The van der Waals surface area contributed by atoms with Gasteiger partial charge in [-0.1, -0.05) is 12.1 Å². The molecule has 0 aliphatic heterocycles. The number of anilines is 1. The lowest BCUT2D eigenvalue weighted by Gasteiger charge is -2.07. The van der Waals surface area contributed by atoms with Gasteiger partial charge in [-0.3, -0.25) is 4.79 Å². The minimum absolute atomic E-state index is 0.0600. The van der Waals surface area contributed by atoms with Crippen LogP contribution in [0.2, 0.25) is 0 Å². The van der Waals surface area contributed by atoms with E-state index in [-0.39, 0.29) is 18.1 Å². The molecule has 2 aromatic heterocycles. The van der Waals surface area contributed by atoms with Crippen LogP contribution in [0.1, 0.15) is 16.8 Å². The summed E-state index contributed by atoms with van der Waals surface area (Å²) in [6.07, 6.45) is 3.91. The Morgan fingerprint density at radius 2 is 2.14 bits per heavy atom. The van der Waals surface area contributed by atoms with Crippen LogP contribution in [0.3, 0.4) is 0 Å². The molecule has 0 radical (unpaired) electrons. The van der Waals surface area contributed by atoms with E-state index in [0.29, 0.717) is 11.4 Å². The molecule has 0 atom stereocenters. The number of aromatic nitrogens is 2. The predicted molar refractivity (Wildman–Crippen MR) is 85.1 cm³/mol. The van der Waals surface area contributed by atoms with Crippen molar-refractivity contribution in [2.75, 3.05) is 5.32 Å². The number of benzene rings is 1. The van der Waals surface area contributed by atoms with Crippen LogP contribution >= 0.6 is 0 Å². The molecule has 0 unspecified atom stereocenters. The van der Waals surface area contributed by atoms with Gasteiger partial charge in [0.15, 0.2) is 0 Å². The minimum atomic E-state index is -0.207. The number of carbonyl (C=O) groups is 1. The van der Waals surface area contributed by atoms with Crippen molar-refractivity contribution < 1.29 is 9.90 Å². The van der Waals surface area contributed by atoms with Gasteiger partial charge < -0.3 is 14.8 Å². The number of rotatable bonds is 3. The van der Waals surface area contributed by atoms with Crippen LogP contribution in [0.5, 0.6) is 5.75 Å². The first-order valence-electron chi connectivity index (χ1n) is 7.05. The van der Waals surface area contributed by atoms with Gasteiger partial charge in [-0.2, -0.15) is 0 Å². The second-order valence-corrected chi connectivity index (χ2v) is 5.40. The lowest BCUT2D eigenvalue weighted by molar-refractivity contribution is -0.115. The molecule has 5 nitrogen and oxygen atoms in total. The number of pyridine rings is 1. The number of imidazole rings is 1. The molecule has 0 aliphatic rings. The van der Waals surface area contributed by atoms with Crippen LogP contribution in [-0.2, 0) is 11.2 Å². The summed E-state index contributed by atoms with van der Waals surface area (Å²) in [5.74, 6) is -0.147. The van der Waals surface area contributed by atoms with Crippen LogP contribution in [-0.4, -0.2) is 20.4 Å². The van der Waals surface area contributed by atoms with E-state index in [9.17, 15) is 9.90 Å². The van der Waals surface area contributed by atoms with Gasteiger partial charge in [-0.25, -0.2) is 4.98 Å². The molecule has 0 fully saturated rings. The lowest BCUT2D eigenvalue weighted by Crippen LogP contribution is -2.14. The van der Waals surface area contributed by atoms with E-state index in [0.717, 1.165) is 16.8 Å². The molecule has 3 aromatic rings. The van der Waals surface area contributed by atoms with Crippen molar-refractivity contribution in [2.45, 2.75) is 20.3 Å². The van der Waals surface area contributed by atoms with Gasteiger partial charge in [-0.05, 0) is 43.2 Å². The molecular weight excluding hydrogens is 278 g/mol. The Labute approximate surface area is 128 Å². The highest BCUT2D eigenvalue weighted by Crippen LogP contribution is 2.24. The number of phenolic OH excluding ortho intramolecular Hbond substituents is 1. The Kier molecular flexibility index (Phi) is 3.55. The predicted octanol–water partition coefficient (Wildman–Crippen LogP) is 2.84. The van der Waals surface area contributed by atoms with Crippen molar-refractivity contribution >= 4 is 17.2 Å². The maximum absolute atomic E-state index is 12.1. The fourth-order valence-corrected chi connectivity index (χ4v) is 2.40. The zero-order valence-electron chi connectivity index (χ0n) is 12.5. The number of hydrogen-bond donors (Lipinski definition) is 2. The number of amides is 1. The van der Waals surface area contributed by atoms with Crippen molar-refractivity contribution in [2.24, 2.45) is 0 Å². The molecule has 3 rings (SSSR count). The Morgan fingerprint density at radius 1 is 1.32 bits per heavy atom. The van der Waals surface area contributed by atoms with Crippen molar-refractivity contribution in [1.82, 2.24) is 9.38 Å². The normalized spacial score (nSPS) is 10.8. The van der Waals surface area contributed by atoms with E-state index in [1.54, 1.807) is 18.2 Å². The number of carbonyl (C=O) groups excluding carboxylic acids is 1. The van der Waals surface area contributed by atoms with Gasteiger partial charge in [0.2, 0.25) is 5.91 Å². The lowest BCUT2D eigenvalue weighted by atomic mass is 10.2. The summed E-state index contributed by atoms with van der Waals surface area (Å²) in [6, 6.07) is 9.02. The second kappa shape index (κ2) is 5.52. The van der Waals surface area contributed by atoms with E-state index in [1.165, 1.54) is 0 Å². The summed E-state index contributed by atoms with van der Waals surface area (Å²) < 4.78 is 1.90. The average Bonchev–Trinajstić information content (AvgIpc) is 2.86. The van der Waals surface area contributed by atoms with Gasteiger partial charge in [0.05, 0.1) is 17.8 Å². The summed E-state index contributed by atoms with van der Waals surface area (Å²) in [4.78, 5) is 16.6. The number of fused-ring (bicyclic) bond motifs is 1. The number of aromatic hydroxyl groups is 1. The van der Waals surface area contributed by atoms with Crippen LogP contribution in [0.15, 0.2) is 42.7 Å². The van der Waals surface area contributed by atoms with E-state index < -0.39 is 0 Å². The third kappa shape index (κ3) is 2.79.